The van der Waals surface area contributed by atoms with Gasteiger partial charge in [0.1, 0.15) is 5.75 Å². The lowest BCUT2D eigenvalue weighted by molar-refractivity contribution is -0.137. The summed E-state index contributed by atoms with van der Waals surface area (Å²) in [5.41, 5.74) is 0.550. The van der Waals surface area contributed by atoms with Gasteiger partial charge in [-0.05, 0) is 36.2 Å². The quantitative estimate of drug-likeness (QED) is 0.628. The molecule has 1 aromatic heterocycles. The molecule has 2 N–H and O–H groups in total. The standard InChI is InChI=1S/C19H18F3N5O/c1-28-16-8-3-2-5-13(16)9-10-23-18-26-17(12-24-27-18)25-15-7-4-6-14(11-15)19(20,21)22/h2-8,11-12H,9-10H2,1H3,(H2,23,25,26,27). The average molecular weight is 389 g/mol. The molecular formula is C19H18F3N5O. The van der Waals surface area contributed by atoms with E-state index in [1.807, 2.05) is 24.3 Å². The van der Waals surface area contributed by atoms with Crippen molar-refractivity contribution in [2.24, 2.45) is 0 Å². The summed E-state index contributed by atoms with van der Waals surface area (Å²) >= 11 is 0. The van der Waals surface area contributed by atoms with E-state index in [1.54, 1.807) is 7.11 Å². The lowest BCUT2D eigenvalue weighted by Gasteiger charge is -2.11. The molecule has 0 radical (unpaired) electrons. The predicted molar refractivity (Wildman–Crippen MR) is 99.7 cm³/mol. The molecule has 0 spiro atoms. The van der Waals surface area contributed by atoms with Crippen LogP contribution in [0.1, 0.15) is 11.1 Å². The molecule has 0 bridgehead atoms. The van der Waals surface area contributed by atoms with E-state index in [4.69, 9.17) is 4.74 Å². The van der Waals surface area contributed by atoms with Crippen LogP contribution >= 0.6 is 0 Å². The number of ether oxygens (including phenoxy) is 1. The summed E-state index contributed by atoms with van der Waals surface area (Å²) in [6.45, 7) is 0.537. The van der Waals surface area contributed by atoms with Crippen LogP contribution in [0.4, 0.5) is 30.6 Å². The molecule has 0 saturated heterocycles. The van der Waals surface area contributed by atoms with Gasteiger partial charge in [0.05, 0.1) is 18.9 Å². The summed E-state index contributed by atoms with van der Waals surface area (Å²) in [4.78, 5) is 4.23. The van der Waals surface area contributed by atoms with Crippen molar-refractivity contribution in [2.75, 3.05) is 24.3 Å². The molecule has 0 amide bonds. The summed E-state index contributed by atoms with van der Waals surface area (Å²) in [7, 11) is 1.61. The zero-order chi connectivity index (χ0) is 20.0. The number of alkyl halides is 3. The highest BCUT2D eigenvalue weighted by Crippen LogP contribution is 2.31. The van der Waals surface area contributed by atoms with E-state index >= 15 is 0 Å². The molecule has 0 aliphatic carbocycles. The van der Waals surface area contributed by atoms with Gasteiger partial charge < -0.3 is 15.4 Å². The first-order valence-electron chi connectivity index (χ1n) is 8.45. The molecule has 2 aromatic carbocycles. The molecule has 146 valence electrons. The van der Waals surface area contributed by atoms with Crippen LogP contribution in [0.5, 0.6) is 5.75 Å². The number of benzene rings is 2. The first kappa shape index (κ1) is 19.4. The van der Waals surface area contributed by atoms with Crippen molar-refractivity contribution in [3.8, 4) is 5.75 Å². The van der Waals surface area contributed by atoms with Crippen LogP contribution in [0, 0.1) is 0 Å². The van der Waals surface area contributed by atoms with E-state index in [0.29, 0.717) is 13.0 Å². The van der Waals surface area contributed by atoms with Crippen LogP contribution in [0.3, 0.4) is 0 Å². The van der Waals surface area contributed by atoms with Gasteiger partial charge in [-0.3, -0.25) is 0 Å². The Bertz CT molecular complexity index is 933. The van der Waals surface area contributed by atoms with Crippen LogP contribution in [0.15, 0.2) is 54.7 Å². The molecule has 0 fully saturated rings. The second kappa shape index (κ2) is 8.55. The number of rotatable bonds is 7. The molecule has 0 aliphatic rings. The maximum Gasteiger partial charge on any atom is 0.416 e. The minimum absolute atomic E-state index is 0.260. The fourth-order valence-electron chi connectivity index (χ4n) is 2.58. The number of anilines is 3. The molecule has 9 heteroatoms. The van der Waals surface area contributed by atoms with Gasteiger partial charge in [-0.15, -0.1) is 5.10 Å². The summed E-state index contributed by atoms with van der Waals surface area (Å²) < 4.78 is 43.8. The number of halogens is 3. The SMILES string of the molecule is COc1ccccc1CCNc1nncc(Nc2cccc(C(F)(F)F)c2)n1. The molecule has 0 atom stereocenters. The minimum Gasteiger partial charge on any atom is -0.496 e. The lowest BCUT2D eigenvalue weighted by Crippen LogP contribution is -2.10. The van der Waals surface area contributed by atoms with Gasteiger partial charge in [-0.1, -0.05) is 24.3 Å². The van der Waals surface area contributed by atoms with Crippen molar-refractivity contribution in [2.45, 2.75) is 12.6 Å². The van der Waals surface area contributed by atoms with Gasteiger partial charge in [0.25, 0.3) is 0 Å². The maximum absolute atomic E-state index is 12.8. The number of nitrogens with one attached hydrogen (secondary N) is 2. The normalized spacial score (nSPS) is 11.1. The number of hydrogen-bond acceptors (Lipinski definition) is 6. The Kier molecular flexibility index (Phi) is 5.93. The highest BCUT2D eigenvalue weighted by Gasteiger charge is 2.30. The van der Waals surface area contributed by atoms with Gasteiger partial charge in [-0.25, -0.2) is 0 Å². The fraction of sp³-hybridized carbons (Fsp3) is 0.211. The number of para-hydroxylation sites is 1. The predicted octanol–water partition coefficient (Wildman–Crippen LogP) is 4.30. The summed E-state index contributed by atoms with van der Waals surface area (Å²) in [5.74, 6) is 1.35. The van der Waals surface area contributed by atoms with Crippen LogP contribution in [0.25, 0.3) is 0 Å². The number of methoxy groups -OCH3 is 1. The third-order valence-electron chi connectivity index (χ3n) is 3.89. The van der Waals surface area contributed by atoms with E-state index in [-0.39, 0.29) is 17.5 Å². The van der Waals surface area contributed by atoms with E-state index in [9.17, 15) is 13.2 Å². The van der Waals surface area contributed by atoms with Gasteiger partial charge in [0.15, 0.2) is 5.82 Å². The second-order valence-electron chi connectivity index (χ2n) is 5.86. The number of nitrogens with zero attached hydrogens (tertiary/aromatic N) is 3. The van der Waals surface area contributed by atoms with E-state index in [1.165, 1.54) is 18.3 Å². The molecule has 6 nitrogen and oxygen atoms in total. The lowest BCUT2D eigenvalue weighted by atomic mass is 10.1. The van der Waals surface area contributed by atoms with Crippen LogP contribution in [0.2, 0.25) is 0 Å². The molecule has 1 heterocycles. The molecule has 0 unspecified atom stereocenters. The highest BCUT2D eigenvalue weighted by atomic mass is 19.4. The Morgan fingerprint density at radius 1 is 1.07 bits per heavy atom. The van der Waals surface area contributed by atoms with E-state index < -0.39 is 11.7 Å². The Morgan fingerprint density at radius 3 is 2.68 bits per heavy atom. The average Bonchev–Trinajstić information content (AvgIpc) is 2.68. The topological polar surface area (TPSA) is 72.0 Å². The van der Waals surface area contributed by atoms with Crippen LogP contribution in [-0.2, 0) is 12.6 Å². The molecule has 0 aliphatic heterocycles. The smallest absolute Gasteiger partial charge is 0.416 e. The Hall–Kier alpha value is -3.36. The third-order valence-corrected chi connectivity index (χ3v) is 3.89. The molecule has 3 rings (SSSR count). The van der Waals surface area contributed by atoms with Crippen LogP contribution in [-0.4, -0.2) is 28.8 Å². The van der Waals surface area contributed by atoms with E-state index in [2.05, 4.69) is 25.8 Å². The van der Waals surface area contributed by atoms with E-state index in [0.717, 1.165) is 23.4 Å². The highest BCUT2D eigenvalue weighted by molar-refractivity contribution is 5.57. The summed E-state index contributed by atoms with van der Waals surface area (Å²) in [6, 6.07) is 12.5. The van der Waals surface area contributed by atoms with Crippen molar-refractivity contribution < 1.29 is 17.9 Å². The maximum atomic E-state index is 12.8. The Morgan fingerprint density at radius 2 is 1.89 bits per heavy atom. The zero-order valence-electron chi connectivity index (χ0n) is 15.0. The Labute approximate surface area is 159 Å². The molecule has 28 heavy (non-hydrogen) atoms. The number of hydrogen-bond donors (Lipinski definition) is 2. The summed E-state index contributed by atoms with van der Waals surface area (Å²) in [6.07, 6.45) is -2.39. The minimum atomic E-state index is -4.41. The van der Waals surface area contributed by atoms with Crippen LogP contribution < -0.4 is 15.4 Å². The largest absolute Gasteiger partial charge is 0.496 e. The van der Waals surface area contributed by atoms with Gasteiger partial charge in [0.2, 0.25) is 5.95 Å². The molecular weight excluding hydrogens is 371 g/mol. The van der Waals surface area contributed by atoms with Crippen molar-refractivity contribution in [3.63, 3.8) is 0 Å². The van der Waals surface area contributed by atoms with Gasteiger partial charge >= 0.3 is 6.18 Å². The van der Waals surface area contributed by atoms with Crippen molar-refractivity contribution in [3.05, 3.63) is 65.9 Å². The van der Waals surface area contributed by atoms with Crippen molar-refractivity contribution >= 4 is 17.5 Å². The van der Waals surface area contributed by atoms with Crippen molar-refractivity contribution in [1.82, 2.24) is 15.2 Å². The second-order valence-corrected chi connectivity index (χ2v) is 5.86. The third kappa shape index (κ3) is 5.09. The number of aromatic nitrogens is 3. The van der Waals surface area contributed by atoms with Crippen molar-refractivity contribution in [1.29, 1.82) is 0 Å². The first-order valence-corrected chi connectivity index (χ1v) is 8.45. The molecule has 0 saturated carbocycles. The fourth-order valence-corrected chi connectivity index (χ4v) is 2.58. The summed E-state index contributed by atoms with van der Waals surface area (Å²) in [5, 5.41) is 13.6. The zero-order valence-corrected chi connectivity index (χ0v) is 15.0. The molecule has 3 aromatic rings. The first-order chi connectivity index (χ1) is 13.5. The van der Waals surface area contributed by atoms with Gasteiger partial charge in [0, 0.05) is 12.2 Å². The monoisotopic (exact) mass is 389 g/mol. The van der Waals surface area contributed by atoms with Gasteiger partial charge in [-0.2, -0.15) is 23.3 Å². The Balaban J connectivity index is 1.63.